The highest BCUT2D eigenvalue weighted by Crippen LogP contribution is 2.32. The van der Waals surface area contributed by atoms with Crippen LogP contribution in [0, 0.1) is 10.1 Å². The molecule has 2 saturated heterocycles. The first-order chi connectivity index (χ1) is 18.9. The molecule has 2 aliphatic rings. The molecule has 0 aliphatic carbocycles. The molecule has 0 bridgehead atoms. The van der Waals surface area contributed by atoms with Gasteiger partial charge in [-0.1, -0.05) is 19.1 Å². The number of carbonyl (C=O) groups excluding carboxylic acids is 2. The zero-order valence-corrected chi connectivity index (χ0v) is 22.1. The molecule has 2 amide bonds. The maximum atomic E-state index is 12.9. The van der Waals surface area contributed by atoms with Crippen molar-refractivity contribution in [3.63, 3.8) is 0 Å². The van der Waals surface area contributed by atoms with E-state index >= 15 is 0 Å². The molecule has 202 valence electrons. The second-order valence-corrected chi connectivity index (χ2v) is 9.99. The fourth-order valence-corrected chi connectivity index (χ4v) is 5.23. The Bertz CT molecular complexity index is 1340. The summed E-state index contributed by atoms with van der Waals surface area (Å²) in [6.07, 6.45) is 2.97. The van der Waals surface area contributed by atoms with E-state index in [0.29, 0.717) is 24.5 Å². The Morgan fingerprint density at radius 2 is 1.46 bits per heavy atom. The maximum absolute atomic E-state index is 12.9. The van der Waals surface area contributed by atoms with Crippen LogP contribution in [0.2, 0.25) is 0 Å². The molecule has 39 heavy (non-hydrogen) atoms. The van der Waals surface area contributed by atoms with E-state index in [4.69, 9.17) is 0 Å². The third-order valence-corrected chi connectivity index (χ3v) is 7.55. The van der Waals surface area contributed by atoms with Crippen LogP contribution in [0.15, 0.2) is 66.7 Å². The molecular formula is C30H33N5O4. The SMILES string of the molecule is CCc1ccc(C(=O)N2CCN(c3ccc(NC(=O)c4ccc(N5CCCC5)c([N+](=O)[O-])c4)cc3)CC2)cc1. The lowest BCUT2D eigenvalue weighted by Gasteiger charge is -2.36. The number of nitro benzene ring substituents is 1. The summed E-state index contributed by atoms with van der Waals surface area (Å²) in [5.41, 5.74) is 4.32. The Hall–Kier alpha value is -4.40. The zero-order chi connectivity index (χ0) is 27.4. The van der Waals surface area contributed by atoms with E-state index in [9.17, 15) is 19.7 Å². The lowest BCUT2D eigenvalue weighted by molar-refractivity contribution is -0.384. The van der Waals surface area contributed by atoms with Crippen molar-refractivity contribution in [2.75, 3.05) is 54.4 Å². The van der Waals surface area contributed by atoms with Crippen LogP contribution in [0.5, 0.6) is 0 Å². The summed E-state index contributed by atoms with van der Waals surface area (Å²) in [7, 11) is 0. The van der Waals surface area contributed by atoms with Crippen molar-refractivity contribution in [3.8, 4) is 0 Å². The van der Waals surface area contributed by atoms with Crippen LogP contribution in [0.3, 0.4) is 0 Å². The number of aryl methyl sites for hydroxylation is 1. The summed E-state index contributed by atoms with van der Waals surface area (Å²) in [6.45, 7) is 6.39. The number of hydrogen-bond donors (Lipinski definition) is 1. The molecule has 2 fully saturated rings. The van der Waals surface area contributed by atoms with Gasteiger partial charge in [0.2, 0.25) is 0 Å². The van der Waals surface area contributed by atoms with Crippen molar-refractivity contribution in [2.45, 2.75) is 26.2 Å². The Morgan fingerprint density at radius 1 is 0.821 bits per heavy atom. The number of carbonyl (C=O) groups is 2. The topological polar surface area (TPSA) is 99.0 Å². The van der Waals surface area contributed by atoms with Gasteiger partial charge >= 0.3 is 0 Å². The predicted molar refractivity (Wildman–Crippen MR) is 153 cm³/mol. The molecule has 0 saturated carbocycles. The van der Waals surface area contributed by atoms with Gasteiger partial charge in [0, 0.05) is 67.8 Å². The third-order valence-electron chi connectivity index (χ3n) is 7.55. The number of nitrogens with one attached hydrogen (secondary N) is 1. The molecule has 0 unspecified atom stereocenters. The Morgan fingerprint density at radius 3 is 2.08 bits per heavy atom. The first-order valence-electron chi connectivity index (χ1n) is 13.5. The second kappa shape index (κ2) is 11.6. The highest BCUT2D eigenvalue weighted by atomic mass is 16.6. The second-order valence-electron chi connectivity index (χ2n) is 9.99. The van der Waals surface area contributed by atoms with E-state index in [1.807, 2.05) is 58.3 Å². The minimum absolute atomic E-state index is 0.0458. The van der Waals surface area contributed by atoms with Crippen LogP contribution in [-0.2, 0) is 6.42 Å². The molecule has 2 heterocycles. The number of amides is 2. The zero-order valence-electron chi connectivity index (χ0n) is 22.1. The lowest BCUT2D eigenvalue weighted by atomic mass is 10.1. The highest BCUT2D eigenvalue weighted by Gasteiger charge is 2.25. The Kier molecular flexibility index (Phi) is 7.76. The molecule has 5 rings (SSSR count). The number of nitrogens with zero attached hydrogens (tertiary/aromatic N) is 4. The molecule has 1 N–H and O–H groups in total. The molecule has 0 radical (unpaired) electrons. The molecule has 0 atom stereocenters. The summed E-state index contributed by atoms with van der Waals surface area (Å²) in [5.74, 6) is -0.331. The van der Waals surface area contributed by atoms with E-state index in [2.05, 4.69) is 17.1 Å². The van der Waals surface area contributed by atoms with Gasteiger partial charge in [0.25, 0.3) is 17.5 Å². The van der Waals surface area contributed by atoms with Gasteiger partial charge in [-0.3, -0.25) is 19.7 Å². The highest BCUT2D eigenvalue weighted by molar-refractivity contribution is 6.05. The summed E-state index contributed by atoms with van der Waals surface area (Å²) < 4.78 is 0. The van der Waals surface area contributed by atoms with Crippen molar-refractivity contribution in [3.05, 3.63) is 93.5 Å². The molecule has 0 spiro atoms. The van der Waals surface area contributed by atoms with Crippen LogP contribution in [0.4, 0.5) is 22.7 Å². The summed E-state index contributed by atoms with van der Waals surface area (Å²) in [6, 6.07) is 20.0. The quantitative estimate of drug-likeness (QED) is 0.344. The fraction of sp³-hybridized carbons (Fsp3) is 0.333. The van der Waals surface area contributed by atoms with Crippen LogP contribution in [-0.4, -0.2) is 60.9 Å². The number of nitro groups is 1. The van der Waals surface area contributed by atoms with Crippen LogP contribution < -0.4 is 15.1 Å². The molecule has 0 aromatic heterocycles. The maximum Gasteiger partial charge on any atom is 0.293 e. The van der Waals surface area contributed by atoms with Crippen molar-refractivity contribution < 1.29 is 14.5 Å². The molecule has 9 heteroatoms. The van der Waals surface area contributed by atoms with Gasteiger partial charge in [-0.05, 0) is 73.4 Å². The van der Waals surface area contributed by atoms with E-state index in [-0.39, 0.29) is 17.2 Å². The van der Waals surface area contributed by atoms with Crippen molar-refractivity contribution in [1.29, 1.82) is 0 Å². The summed E-state index contributed by atoms with van der Waals surface area (Å²) in [4.78, 5) is 43.1. The average Bonchev–Trinajstić information content (AvgIpc) is 3.52. The molecular weight excluding hydrogens is 494 g/mol. The Balaban J connectivity index is 1.18. The van der Waals surface area contributed by atoms with Crippen LogP contribution in [0.25, 0.3) is 0 Å². The van der Waals surface area contributed by atoms with Gasteiger partial charge in [-0.25, -0.2) is 0 Å². The molecule has 3 aromatic rings. The minimum Gasteiger partial charge on any atom is -0.368 e. The van der Waals surface area contributed by atoms with Crippen LogP contribution in [0.1, 0.15) is 46.0 Å². The molecule has 3 aromatic carbocycles. The summed E-state index contributed by atoms with van der Waals surface area (Å²) >= 11 is 0. The van der Waals surface area contributed by atoms with Crippen molar-refractivity contribution in [1.82, 2.24) is 4.90 Å². The predicted octanol–water partition coefficient (Wildman–Crippen LogP) is 4.97. The monoisotopic (exact) mass is 527 g/mol. The van der Waals surface area contributed by atoms with Gasteiger partial charge in [-0.2, -0.15) is 0 Å². The molecule has 9 nitrogen and oxygen atoms in total. The van der Waals surface area contributed by atoms with E-state index in [1.54, 1.807) is 12.1 Å². The normalized spacial score (nSPS) is 15.4. The van der Waals surface area contributed by atoms with Gasteiger partial charge in [0.15, 0.2) is 0 Å². The third kappa shape index (κ3) is 5.87. The van der Waals surface area contributed by atoms with E-state index in [0.717, 1.165) is 56.7 Å². The van der Waals surface area contributed by atoms with Crippen molar-refractivity contribution >= 4 is 34.6 Å². The summed E-state index contributed by atoms with van der Waals surface area (Å²) in [5, 5.41) is 14.5. The van der Waals surface area contributed by atoms with E-state index in [1.165, 1.54) is 11.6 Å². The lowest BCUT2D eigenvalue weighted by Crippen LogP contribution is -2.48. The molecule has 2 aliphatic heterocycles. The number of hydrogen-bond acceptors (Lipinski definition) is 6. The van der Waals surface area contributed by atoms with E-state index < -0.39 is 10.8 Å². The van der Waals surface area contributed by atoms with Gasteiger partial charge < -0.3 is 20.0 Å². The van der Waals surface area contributed by atoms with Gasteiger partial charge in [0.05, 0.1) is 4.92 Å². The van der Waals surface area contributed by atoms with Gasteiger partial charge in [0.1, 0.15) is 5.69 Å². The Labute approximate surface area is 228 Å². The van der Waals surface area contributed by atoms with Crippen molar-refractivity contribution in [2.24, 2.45) is 0 Å². The van der Waals surface area contributed by atoms with Gasteiger partial charge in [-0.15, -0.1) is 0 Å². The number of rotatable bonds is 7. The average molecular weight is 528 g/mol. The first kappa shape index (κ1) is 26.2. The number of anilines is 3. The smallest absolute Gasteiger partial charge is 0.293 e. The first-order valence-corrected chi connectivity index (χ1v) is 13.5. The fourth-order valence-electron chi connectivity index (χ4n) is 5.23. The van der Waals surface area contributed by atoms with Crippen LogP contribution >= 0.6 is 0 Å². The number of piperazine rings is 1. The largest absolute Gasteiger partial charge is 0.368 e. The minimum atomic E-state index is -0.422. The standard InChI is InChI=1S/C30H33N5O4/c1-2-22-5-7-23(8-6-22)30(37)34-19-17-32(18-20-34)26-12-10-25(11-13-26)31-29(36)24-9-14-27(28(21-24)35(38)39)33-15-3-4-16-33/h5-14,21H,2-4,15-20H2,1H3,(H,31,36). The number of benzene rings is 3.